The summed E-state index contributed by atoms with van der Waals surface area (Å²) in [5.41, 5.74) is 0. The average Bonchev–Trinajstić information content (AvgIpc) is 2.67. The van der Waals surface area contributed by atoms with Gasteiger partial charge < -0.3 is 13.3 Å². The second-order valence-corrected chi connectivity index (χ2v) is 8.37. The van der Waals surface area contributed by atoms with Gasteiger partial charge in [0.1, 0.15) is 6.23 Å². The van der Waals surface area contributed by atoms with Gasteiger partial charge in [0.25, 0.3) is 0 Å². The predicted octanol–water partition coefficient (Wildman–Crippen LogP) is 4.04. The number of hydrogen-bond acceptors (Lipinski definition) is 4. The van der Waals surface area contributed by atoms with E-state index in [-0.39, 0.29) is 18.4 Å². The van der Waals surface area contributed by atoms with Crippen molar-refractivity contribution in [2.75, 3.05) is 13.2 Å². The maximum atomic E-state index is 14.0. The molecule has 0 aliphatic rings. The minimum atomic E-state index is -6.71. The normalized spacial score (nSPS) is 15.1. The lowest BCUT2D eigenvalue weighted by Gasteiger charge is -2.39. The van der Waals surface area contributed by atoms with E-state index in [1.165, 1.54) is 38.1 Å². The van der Waals surface area contributed by atoms with Crippen LogP contribution in [-0.2, 0) is 18.5 Å². The smallest absolute Gasteiger partial charge is 0.370 e. The molecule has 1 radical (unpaired) electrons. The number of alkyl halides is 8. The van der Waals surface area contributed by atoms with Gasteiger partial charge in [0.2, 0.25) is 0 Å². The summed E-state index contributed by atoms with van der Waals surface area (Å²) in [5.74, 6) is -13.2. The Morgan fingerprint density at radius 1 is 0.967 bits per heavy atom. The summed E-state index contributed by atoms with van der Waals surface area (Å²) in [6.45, 7) is 3.28. The Balaban J connectivity index is 3.30. The quantitative estimate of drug-likeness (QED) is 0.152. The fourth-order valence-corrected chi connectivity index (χ4v) is 4.94. The largest absolute Gasteiger partial charge is 0.538 e. The van der Waals surface area contributed by atoms with Crippen LogP contribution in [-0.4, -0.2) is 57.6 Å². The third-order valence-corrected chi connectivity index (χ3v) is 6.83. The molecule has 5 nitrogen and oxygen atoms in total. The highest BCUT2D eigenvalue weighted by atomic mass is 28.4. The second-order valence-electron chi connectivity index (χ2n) is 5.87. The number of nitrogens with zero attached hydrogens (tertiary/aromatic N) is 1. The standard InChI is InChI=1S/C16H20F8NO4Si/c1-4-27-30(28-5-2,12-9-7-6-8-10-12)29-11(3)25(26)16(23,24)15(21,22)14(19,20)13(17)18/h6-11,13H,4-5H2,1-3H3. The van der Waals surface area contributed by atoms with Crippen LogP contribution in [0, 0.1) is 0 Å². The Morgan fingerprint density at radius 3 is 1.83 bits per heavy atom. The van der Waals surface area contributed by atoms with Crippen molar-refractivity contribution in [2.24, 2.45) is 0 Å². The van der Waals surface area contributed by atoms with E-state index in [0.717, 1.165) is 0 Å². The van der Waals surface area contributed by atoms with E-state index in [1.807, 2.05) is 0 Å². The lowest BCUT2D eigenvalue weighted by atomic mass is 10.1. The molecule has 0 N–H and O–H groups in total. The predicted molar refractivity (Wildman–Crippen MR) is 89.0 cm³/mol. The number of hydroxylamine groups is 2. The lowest BCUT2D eigenvalue weighted by molar-refractivity contribution is -0.455. The van der Waals surface area contributed by atoms with Crippen molar-refractivity contribution in [3.05, 3.63) is 30.3 Å². The minimum absolute atomic E-state index is 0.108. The van der Waals surface area contributed by atoms with Gasteiger partial charge in [0.15, 0.2) is 0 Å². The molecule has 0 fully saturated rings. The van der Waals surface area contributed by atoms with Crippen LogP contribution in [0.3, 0.4) is 0 Å². The number of hydrogen-bond donors (Lipinski definition) is 0. The van der Waals surface area contributed by atoms with Crippen LogP contribution in [0.4, 0.5) is 35.1 Å². The zero-order valence-corrected chi connectivity index (χ0v) is 17.1. The van der Waals surface area contributed by atoms with Gasteiger partial charge in [-0.05, 0) is 20.8 Å². The van der Waals surface area contributed by atoms with Crippen molar-refractivity contribution in [3.63, 3.8) is 0 Å². The third-order valence-electron chi connectivity index (χ3n) is 3.80. The third kappa shape index (κ3) is 4.94. The molecule has 1 aromatic carbocycles. The maximum absolute atomic E-state index is 14.0. The van der Waals surface area contributed by atoms with E-state index in [2.05, 4.69) is 0 Å². The molecule has 1 atom stereocenters. The molecular weight excluding hydrogens is 450 g/mol. The monoisotopic (exact) mass is 470 g/mol. The van der Waals surface area contributed by atoms with Gasteiger partial charge in [-0.15, -0.1) is 5.21 Å². The van der Waals surface area contributed by atoms with Gasteiger partial charge in [0.05, 0.1) is 0 Å². The first-order valence-electron chi connectivity index (χ1n) is 8.60. The fourth-order valence-electron chi connectivity index (χ4n) is 2.34. The van der Waals surface area contributed by atoms with Crippen molar-refractivity contribution >= 4 is 14.0 Å². The molecular formula is C16H20F8NO4Si. The van der Waals surface area contributed by atoms with E-state index in [0.29, 0.717) is 6.92 Å². The summed E-state index contributed by atoms with van der Waals surface area (Å²) in [5, 5.41) is 10.3. The summed E-state index contributed by atoms with van der Waals surface area (Å²) in [4.78, 5) is 0. The average molecular weight is 470 g/mol. The Hall–Kier alpha value is -1.32. The molecule has 173 valence electrons. The molecule has 0 bridgehead atoms. The number of rotatable bonds is 12. The zero-order chi connectivity index (χ0) is 23.4. The molecule has 0 spiro atoms. The fraction of sp³-hybridized carbons (Fsp3) is 0.625. The molecule has 0 amide bonds. The van der Waals surface area contributed by atoms with Crippen LogP contribution < -0.4 is 5.19 Å². The van der Waals surface area contributed by atoms with Crippen LogP contribution in [0.15, 0.2) is 30.3 Å². The van der Waals surface area contributed by atoms with Crippen molar-refractivity contribution in [1.29, 1.82) is 0 Å². The van der Waals surface area contributed by atoms with Crippen LogP contribution in [0.1, 0.15) is 20.8 Å². The van der Waals surface area contributed by atoms with Crippen LogP contribution in [0.25, 0.3) is 0 Å². The highest BCUT2D eigenvalue weighted by Crippen LogP contribution is 2.50. The van der Waals surface area contributed by atoms with Gasteiger partial charge >= 0.3 is 33.1 Å². The number of benzene rings is 1. The molecule has 30 heavy (non-hydrogen) atoms. The molecule has 1 aromatic rings. The lowest BCUT2D eigenvalue weighted by Crippen LogP contribution is -2.67. The van der Waals surface area contributed by atoms with Crippen LogP contribution in [0.2, 0.25) is 0 Å². The molecule has 0 heterocycles. The Kier molecular flexibility index (Phi) is 8.79. The maximum Gasteiger partial charge on any atom is 0.538 e. The summed E-state index contributed by atoms with van der Waals surface area (Å²) in [6.07, 6.45) is -7.68. The highest BCUT2D eigenvalue weighted by molar-refractivity contribution is 6.75. The van der Waals surface area contributed by atoms with E-state index >= 15 is 0 Å². The van der Waals surface area contributed by atoms with Crippen LogP contribution in [0.5, 0.6) is 0 Å². The van der Waals surface area contributed by atoms with Gasteiger partial charge in [-0.1, -0.05) is 35.4 Å². The molecule has 0 aromatic heterocycles. The summed E-state index contributed by atoms with van der Waals surface area (Å²) >= 11 is 0. The van der Waals surface area contributed by atoms with E-state index in [9.17, 15) is 40.3 Å². The molecule has 0 saturated heterocycles. The highest BCUT2D eigenvalue weighted by Gasteiger charge is 2.78. The molecule has 0 aliphatic heterocycles. The van der Waals surface area contributed by atoms with Gasteiger partial charge in [0, 0.05) is 18.4 Å². The topological polar surface area (TPSA) is 50.8 Å². The Bertz CT molecular complexity index is 662. The van der Waals surface area contributed by atoms with Crippen molar-refractivity contribution in [2.45, 2.75) is 51.3 Å². The summed E-state index contributed by atoms with van der Waals surface area (Å²) < 4.78 is 122. The second kappa shape index (κ2) is 9.87. The Morgan fingerprint density at radius 2 is 1.43 bits per heavy atom. The van der Waals surface area contributed by atoms with Crippen molar-refractivity contribution < 1.29 is 53.6 Å². The van der Waals surface area contributed by atoms with E-state index < -0.39 is 44.4 Å². The summed E-state index contributed by atoms with van der Waals surface area (Å²) in [7, 11) is -4.16. The van der Waals surface area contributed by atoms with Crippen molar-refractivity contribution in [1.82, 2.24) is 5.06 Å². The SMILES string of the molecule is CCO[Si](OCC)(OC(C)N([O])C(F)(F)C(F)(F)C(F)(F)C(F)F)c1ccccc1. The molecule has 14 heteroatoms. The van der Waals surface area contributed by atoms with E-state index in [4.69, 9.17) is 13.3 Å². The Labute approximate surface area is 168 Å². The van der Waals surface area contributed by atoms with Gasteiger partial charge in [-0.25, -0.2) is 8.78 Å². The van der Waals surface area contributed by atoms with Gasteiger partial charge in [-0.3, -0.25) is 0 Å². The van der Waals surface area contributed by atoms with Crippen molar-refractivity contribution in [3.8, 4) is 0 Å². The number of halogens is 8. The first kappa shape index (κ1) is 26.7. The minimum Gasteiger partial charge on any atom is -0.370 e. The molecule has 0 saturated carbocycles. The molecule has 1 rings (SSSR count). The zero-order valence-electron chi connectivity index (χ0n) is 16.1. The molecule has 0 aliphatic carbocycles. The van der Waals surface area contributed by atoms with Crippen LogP contribution >= 0.6 is 0 Å². The first-order chi connectivity index (χ1) is 13.7. The summed E-state index contributed by atoms with van der Waals surface area (Å²) in [6, 6.07) is 1.11. The van der Waals surface area contributed by atoms with Gasteiger partial charge in [-0.2, -0.15) is 26.3 Å². The molecule has 1 unspecified atom stereocenters. The first-order valence-corrected chi connectivity index (χ1v) is 10.3. The van der Waals surface area contributed by atoms with E-state index in [1.54, 1.807) is 6.07 Å².